The summed E-state index contributed by atoms with van der Waals surface area (Å²) in [6.45, 7) is 11.2. The minimum atomic E-state index is 0.788. The molecule has 1 saturated heterocycles. The number of hydrogen-bond donors (Lipinski definition) is 1. The van der Waals surface area contributed by atoms with Crippen molar-refractivity contribution in [2.45, 2.75) is 53.4 Å². The molecule has 1 aliphatic heterocycles. The predicted octanol–water partition coefficient (Wildman–Crippen LogP) is 3.65. The van der Waals surface area contributed by atoms with Gasteiger partial charge in [0.1, 0.15) is 17.5 Å². The lowest BCUT2D eigenvalue weighted by Crippen LogP contribution is -2.27. The third kappa shape index (κ3) is 3.66. The molecule has 4 heteroatoms. The second kappa shape index (κ2) is 7.10. The molecule has 0 radical (unpaired) electrons. The van der Waals surface area contributed by atoms with Crippen LogP contribution in [0.1, 0.15) is 51.4 Å². The molecule has 0 aliphatic carbocycles. The minimum absolute atomic E-state index is 0.788. The lowest BCUT2D eigenvalue weighted by molar-refractivity contribution is 0.351. The first-order valence-corrected chi connectivity index (χ1v) is 8.37. The zero-order valence-corrected chi connectivity index (χ0v) is 14.2. The van der Waals surface area contributed by atoms with Crippen LogP contribution in [-0.4, -0.2) is 30.1 Å². The van der Waals surface area contributed by atoms with Gasteiger partial charge in [-0.15, -0.1) is 0 Å². The van der Waals surface area contributed by atoms with Crippen molar-refractivity contribution in [2.75, 3.05) is 30.4 Å². The zero-order valence-electron chi connectivity index (χ0n) is 14.2. The summed E-state index contributed by atoms with van der Waals surface area (Å²) in [7, 11) is 1.94. The van der Waals surface area contributed by atoms with E-state index in [1.807, 2.05) is 7.05 Å². The molecule has 1 unspecified atom stereocenters. The number of nitrogens with zero attached hydrogens (tertiary/aromatic N) is 3. The molecule has 0 bridgehead atoms. The average molecular weight is 290 g/mol. The summed E-state index contributed by atoms with van der Waals surface area (Å²) < 4.78 is 0. The van der Waals surface area contributed by atoms with Crippen LogP contribution in [0.2, 0.25) is 0 Å². The van der Waals surface area contributed by atoms with E-state index in [2.05, 4.69) is 42.9 Å². The molecule has 1 atom stereocenters. The Morgan fingerprint density at radius 1 is 1.24 bits per heavy atom. The maximum atomic E-state index is 4.81. The van der Waals surface area contributed by atoms with Crippen LogP contribution in [0.4, 0.5) is 11.6 Å². The van der Waals surface area contributed by atoms with Crippen LogP contribution in [0.25, 0.3) is 0 Å². The van der Waals surface area contributed by atoms with Crippen LogP contribution in [0.3, 0.4) is 0 Å². The van der Waals surface area contributed by atoms with Crippen LogP contribution < -0.4 is 10.2 Å². The lowest BCUT2D eigenvalue weighted by atomic mass is 9.89. The molecular weight excluding hydrogens is 260 g/mol. The van der Waals surface area contributed by atoms with Gasteiger partial charge in [0.15, 0.2) is 0 Å². The average Bonchev–Trinajstić information content (AvgIpc) is 2.73. The summed E-state index contributed by atoms with van der Waals surface area (Å²) in [5.74, 6) is 4.68. The summed E-state index contributed by atoms with van der Waals surface area (Å²) in [5, 5.41) is 3.21. The molecule has 1 N–H and O–H groups in total. The number of anilines is 2. The Morgan fingerprint density at radius 3 is 2.62 bits per heavy atom. The predicted molar refractivity (Wildman–Crippen MR) is 90.1 cm³/mol. The first-order valence-electron chi connectivity index (χ1n) is 8.37. The Bertz CT molecular complexity index is 470. The monoisotopic (exact) mass is 290 g/mol. The molecule has 1 aromatic rings. The molecule has 1 aromatic heterocycles. The van der Waals surface area contributed by atoms with E-state index < -0.39 is 0 Å². The highest BCUT2D eigenvalue weighted by Crippen LogP contribution is 2.29. The van der Waals surface area contributed by atoms with Gasteiger partial charge in [0.25, 0.3) is 0 Å². The van der Waals surface area contributed by atoms with E-state index in [4.69, 9.17) is 4.98 Å². The largest absolute Gasteiger partial charge is 0.373 e. The number of aromatic nitrogens is 2. The van der Waals surface area contributed by atoms with Crippen molar-refractivity contribution in [2.24, 2.45) is 11.8 Å². The van der Waals surface area contributed by atoms with E-state index in [0.717, 1.165) is 48.8 Å². The first kappa shape index (κ1) is 16.1. The topological polar surface area (TPSA) is 41.1 Å². The summed E-state index contributed by atoms with van der Waals surface area (Å²) in [6.07, 6.45) is 4.77. The van der Waals surface area contributed by atoms with Gasteiger partial charge in [-0.25, -0.2) is 9.97 Å². The van der Waals surface area contributed by atoms with Crippen molar-refractivity contribution in [3.05, 3.63) is 11.4 Å². The van der Waals surface area contributed by atoms with Gasteiger partial charge in [0, 0.05) is 32.1 Å². The quantitative estimate of drug-likeness (QED) is 0.919. The fraction of sp³-hybridized carbons (Fsp3) is 0.765. The van der Waals surface area contributed by atoms with E-state index in [-0.39, 0.29) is 0 Å². The van der Waals surface area contributed by atoms with Gasteiger partial charge in [-0.05, 0) is 38.0 Å². The van der Waals surface area contributed by atoms with Crippen LogP contribution in [0, 0.1) is 18.8 Å². The Labute approximate surface area is 129 Å². The Kier molecular flexibility index (Phi) is 5.43. The molecule has 1 fully saturated rings. The summed E-state index contributed by atoms with van der Waals surface area (Å²) in [4.78, 5) is 11.9. The van der Waals surface area contributed by atoms with Gasteiger partial charge in [-0.2, -0.15) is 0 Å². The highest BCUT2D eigenvalue weighted by atomic mass is 15.2. The maximum absolute atomic E-state index is 4.81. The number of nitrogens with one attached hydrogen (secondary N) is 1. The molecule has 0 saturated carbocycles. The Morgan fingerprint density at radius 2 is 2.00 bits per heavy atom. The molecule has 0 aromatic carbocycles. The fourth-order valence-corrected chi connectivity index (χ4v) is 3.26. The highest BCUT2D eigenvalue weighted by Gasteiger charge is 2.22. The van der Waals surface area contributed by atoms with Gasteiger partial charge >= 0.3 is 0 Å². The van der Waals surface area contributed by atoms with E-state index in [0.29, 0.717) is 0 Å². The Hall–Kier alpha value is -1.32. The molecule has 1 aliphatic rings. The lowest BCUT2D eigenvalue weighted by Gasteiger charge is -2.25. The normalized spacial score (nSPS) is 19.7. The van der Waals surface area contributed by atoms with Gasteiger partial charge in [-0.3, -0.25) is 0 Å². The molecule has 2 rings (SSSR count). The van der Waals surface area contributed by atoms with E-state index in [1.165, 1.54) is 24.8 Å². The number of hydrogen-bond acceptors (Lipinski definition) is 4. The summed E-state index contributed by atoms with van der Waals surface area (Å²) >= 11 is 0. The molecular formula is C17H30N4. The molecule has 118 valence electrons. The first-order chi connectivity index (χ1) is 10.1. The third-order valence-corrected chi connectivity index (χ3v) is 4.73. The molecule has 4 nitrogen and oxygen atoms in total. The van der Waals surface area contributed by atoms with Crippen molar-refractivity contribution < 1.29 is 0 Å². The smallest absolute Gasteiger partial charge is 0.137 e. The van der Waals surface area contributed by atoms with Crippen molar-refractivity contribution in [3.63, 3.8) is 0 Å². The number of rotatable bonds is 4. The van der Waals surface area contributed by atoms with Crippen molar-refractivity contribution in [1.29, 1.82) is 0 Å². The molecule has 0 amide bonds. The molecule has 21 heavy (non-hydrogen) atoms. The molecule has 2 heterocycles. The molecule has 0 spiro atoms. The summed E-state index contributed by atoms with van der Waals surface area (Å²) in [5.41, 5.74) is 1.18. The second-order valence-electron chi connectivity index (χ2n) is 6.46. The van der Waals surface area contributed by atoms with Gasteiger partial charge in [0.05, 0.1) is 0 Å². The van der Waals surface area contributed by atoms with Crippen LogP contribution in [0.5, 0.6) is 0 Å². The van der Waals surface area contributed by atoms with Gasteiger partial charge in [-0.1, -0.05) is 20.8 Å². The minimum Gasteiger partial charge on any atom is -0.373 e. The second-order valence-corrected chi connectivity index (χ2v) is 6.46. The zero-order chi connectivity index (χ0) is 15.4. The van der Waals surface area contributed by atoms with Crippen molar-refractivity contribution >= 4 is 11.6 Å². The van der Waals surface area contributed by atoms with Crippen LogP contribution in [-0.2, 0) is 6.42 Å². The maximum Gasteiger partial charge on any atom is 0.137 e. The van der Waals surface area contributed by atoms with Crippen molar-refractivity contribution in [1.82, 2.24) is 9.97 Å². The standard InChI is InChI=1S/C17H30N4/c1-6-15-19-16(18-5)13(4)17(20-15)21-10-7-8-14(9-11-21)12(2)3/h12,14H,6-11H2,1-5H3,(H,18,19,20). The third-order valence-electron chi connectivity index (χ3n) is 4.73. The fourth-order valence-electron chi connectivity index (χ4n) is 3.26. The van der Waals surface area contributed by atoms with E-state index >= 15 is 0 Å². The number of aryl methyl sites for hydroxylation is 1. The van der Waals surface area contributed by atoms with Crippen molar-refractivity contribution in [3.8, 4) is 0 Å². The van der Waals surface area contributed by atoms with E-state index in [1.54, 1.807) is 0 Å². The van der Waals surface area contributed by atoms with Crippen LogP contribution >= 0.6 is 0 Å². The summed E-state index contributed by atoms with van der Waals surface area (Å²) in [6, 6.07) is 0. The SMILES string of the molecule is CCc1nc(NC)c(C)c(N2CCCC(C(C)C)CC2)n1. The van der Waals surface area contributed by atoms with E-state index in [9.17, 15) is 0 Å². The van der Waals surface area contributed by atoms with Gasteiger partial charge in [0.2, 0.25) is 0 Å². The van der Waals surface area contributed by atoms with Crippen LogP contribution in [0.15, 0.2) is 0 Å². The highest BCUT2D eigenvalue weighted by molar-refractivity contribution is 5.58. The Balaban J connectivity index is 2.24. The van der Waals surface area contributed by atoms with Gasteiger partial charge < -0.3 is 10.2 Å².